The van der Waals surface area contributed by atoms with Gasteiger partial charge in [-0.15, -0.1) is 0 Å². The number of hydrogen-bond acceptors (Lipinski definition) is 9. The second-order valence-corrected chi connectivity index (χ2v) is 6.71. The van der Waals surface area contributed by atoms with Gasteiger partial charge in [-0.1, -0.05) is 6.92 Å². The van der Waals surface area contributed by atoms with Crippen molar-refractivity contribution >= 4 is 27.6 Å². The van der Waals surface area contributed by atoms with Crippen LogP contribution in [0.5, 0.6) is 0 Å². The molecule has 0 amide bonds. The van der Waals surface area contributed by atoms with E-state index in [2.05, 4.69) is 34.2 Å². The first kappa shape index (κ1) is 22.5. The Morgan fingerprint density at radius 1 is 1.28 bits per heavy atom. The monoisotopic (exact) mass is 438 g/mol. The highest BCUT2D eigenvalue weighted by Crippen LogP contribution is 2.30. The molecule has 2 rings (SSSR count). The van der Waals surface area contributed by atoms with Gasteiger partial charge >= 0.3 is 16.5 Å². The fraction of sp³-hybridized carbons (Fsp3) is 0.357. The van der Waals surface area contributed by atoms with Crippen LogP contribution in [0.3, 0.4) is 0 Å². The van der Waals surface area contributed by atoms with E-state index < -0.39 is 22.0 Å². The standard InChI is InChI=1S/C14H17F3N6O5S/c1-2-19-29(25,26)27-8-7-18-12-11(22-28-23-12)13(21-24)20-10-5-3-9(4-6-10)14(15,16)17/h3-6,19,24H,2,7-8H2,1H3,(H,18,23)(H,20,21). The maximum Gasteiger partial charge on any atom is 0.416 e. The summed E-state index contributed by atoms with van der Waals surface area (Å²) in [6.07, 6.45) is -4.49. The molecule has 0 fully saturated rings. The van der Waals surface area contributed by atoms with Crippen LogP contribution in [0.15, 0.2) is 33.9 Å². The highest BCUT2D eigenvalue weighted by atomic mass is 32.2. The minimum Gasteiger partial charge on any atom is -0.363 e. The average molecular weight is 438 g/mol. The number of hydrogen-bond donors (Lipinski definition) is 4. The van der Waals surface area contributed by atoms with E-state index in [0.717, 1.165) is 24.3 Å². The summed E-state index contributed by atoms with van der Waals surface area (Å²) in [5, 5.41) is 19.1. The Hall–Kier alpha value is -2.75. The molecule has 1 aromatic heterocycles. The van der Waals surface area contributed by atoms with Gasteiger partial charge in [0.05, 0.1) is 17.9 Å². The molecule has 11 nitrogen and oxygen atoms in total. The van der Waals surface area contributed by atoms with Crippen molar-refractivity contribution in [2.24, 2.45) is 4.99 Å². The quantitative estimate of drug-likeness (QED) is 0.197. The summed E-state index contributed by atoms with van der Waals surface area (Å²) in [5.74, 6) is -0.281. The van der Waals surface area contributed by atoms with Crippen LogP contribution in [-0.4, -0.2) is 49.5 Å². The van der Waals surface area contributed by atoms with Crippen LogP contribution in [0, 0.1) is 0 Å². The van der Waals surface area contributed by atoms with Crippen LogP contribution in [-0.2, 0) is 20.7 Å². The molecular formula is C14H17F3N6O5S. The maximum atomic E-state index is 12.6. The van der Waals surface area contributed by atoms with Crippen LogP contribution in [0.2, 0.25) is 0 Å². The summed E-state index contributed by atoms with van der Waals surface area (Å²) < 4.78 is 71.9. The summed E-state index contributed by atoms with van der Waals surface area (Å²) in [7, 11) is -3.86. The molecule has 0 unspecified atom stereocenters. The number of alkyl halides is 3. The normalized spacial score (nSPS) is 12.8. The van der Waals surface area contributed by atoms with Crippen LogP contribution >= 0.6 is 0 Å². The molecule has 0 aliphatic rings. The Bertz CT molecular complexity index is 930. The molecule has 29 heavy (non-hydrogen) atoms. The Morgan fingerprint density at radius 2 is 1.97 bits per heavy atom. The fourth-order valence-electron chi connectivity index (χ4n) is 1.98. The van der Waals surface area contributed by atoms with E-state index in [0.29, 0.717) is 0 Å². The van der Waals surface area contributed by atoms with E-state index in [4.69, 9.17) is 0 Å². The molecule has 1 aromatic carbocycles. The van der Waals surface area contributed by atoms with E-state index >= 15 is 0 Å². The van der Waals surface area contributed by atoms with Crippen molar-refractivity contribution < 1.29 is 35.6 Å². The molecule has 0 aliphatic heterocycles. The first-order valence-electron chi connectivity index (χ1n) is 8.03. The van der Waals surface area contributed by atoms with Gasteiger partial charge in [0.25, 0.3) is 0 Å². The number of aromatic nitrogens is 2. The van der Waals surface area contributed by atoms with Crippen LogP contribution in [0.4, 0.5) is 24.7 Å². The van der Waals surface area contributed by atoms with Gasteiger partial charge in [0.15, 0.2) is 11.5 Å². The van der Waals surface area contributed by atoms with Crippen molar-refractivity contribution in [3.05, 3.63) is 35.5 Å². The highest BCUT2D eigenvalue weighted by molar-refractivity contribution is 7.84. The van der Waals surface area contributed by atoms with Crippen LogP contribution < -0.4 is 15.5 Å². The molecule has 1 heterocycles. The summed E-state index contributed by atoms with van der Waals surface area (Å²) in [4.78, 5) is 3.94. The van der Waals surface area contributed by atoms with Crippen molar-refractivity contribution in [2.75, 3.05) is 25.0 Å². The van der Waals surface area contributed by atoms with Crippen molar-refractivity contribution in [1.29, 1.82) is 0 Å². The molecule has 15 heteroatoms. The van der Waals surface area contributed by atoms with Crippen LogP contribution in [0.1, 0.15) is 18.2 Å². The predicted molar refractivity (Wildman–Crippen MR) is 93.9 cm³/mol. The van der Waals surface area contributed by atoms with Gasteiger partial charge in [-0.25, -0.2) is 9.62 Å². The second kappa shape index (κ2) is 9.64. The third-order valence-electron chi connectivity index (χ3n) is 3.21. The number of benzene rings is 1. The summed E-state index contributed by atoms with van der Waals surface area (Å²) in [6.45, 7) is 1.48. The number of aliphatic imine (C=N–C) groups is 1. The Labute approximate surface area is 163 Å². The van der Waals surface area contributed by atoms with Gasteiger partial charge in [-0.3, -0.25) is 14.9 Å². The van der Waals surface area contributed by atoms with E-state index in [1.807, 2.05) is 0 Å². The zero-order valence-corrected chi connectivity index (χ0v) is 15.7. The summed E-state index contributed by atoms with van der Waals surface area (Å²) in [6, 6.07) is 3.85. The molecule has 0 bridgehead atoms. The molecule has 0 saturated carbocycles. The molecular weight excluding hydrogens is 421 g/mol. The van der Waals surface area contributed by atoms with Gasteiger partial charge in [-0.2, -0.15) is 26.3 Å². The lowest BCUT2D eigenvalue weighted by atomic mass is 10.2. The van der Waals surface area contributed by atoms with Gasteiger partial charge in [-0.05, 0) is 34.6 Å². The first-order chi connectivity index (χ1) is 13.7. The topological polar surface area (TPSA) is 151 Å². The molecule has 4 N–H and O–H groups in total. The van der Waals surface area contributed by atoms with E-state index in [1.165, 1.54) is 0 Å². The predicted octanol–water partition coefficient (Wildman–Crippen LogP) is 1.43. The number of anilines is 1. The molecule has 0 atom stereocenters. The summed E-state index contributed by atoms with van der Waals surface area (Å²) in [5.41, 5.74) is 0.895. The van der Waals surface area contributed by atoms with Gasteiger partial charge in [0.2, 0.25) is 5.82 Å². The summed E-state index contributed by atoms with van der Waals surface area (Å²) >= 11 is 0. The van der Waals surface area contributed by atoms with Gasteiger partial charge in [0.1, 0.15) is 0 Å². The Balaban J connectivity index is 2.07. The molecule has 0 saturated heterocycles. The lowest BCUT2D eigenvalue weighted by Gasteiger charge is -2.08. The number of rotatable bonds is 9. The van der Waals surface area contributed by atoms with Gasteiger partial charge < -0.3 is 5.32 Å². The zero-order valence-electron chi connectivity index (χ0n) is 14.9. The largest absolute Gasteiger partial charge is 0.416 e. The fourth-order valence-corrected chi connectivity index (χ4v) is 2.72. The number of amidine groups is 1. The van der Waals surface area contributed by atoms with Gasteiger partial charge in [0, 0.05) is 13.1 Å². The number of nitrogens with zero attached hydrogens (tertiary/aromatic N) is 3. The molecule has 2 aromatic rings. The number of nitrogens with one attached hydrogen (secondary N) is 3. The Kier molecular flexibility index (Phi) is 7.49. The van der Waals surface area contributed by atoms with E-state index in [1.54, 1.807) is 12.4 Å². The lowest BCUT2D eigenvalue weighted by molar-refractivity contribution is -0.137. The minimum atomic E-state index is -4.49. The highest BCUT2D eigenvalue weighted by Gasteiger charge is 2.30. The van der Waals surface area contributed by atoms with Crippen molar-refractivity contribution in [1.82, 2.24) is 20.5 Å². The lowest BCUT2D eigenvalue weighted by Crippen LogP contribution is -2.27. The molecule has 0 aliphatic carbocycles. The smallest absolute Gasteiger partial charge is 0.363 e. The minimum absolute atomic E-state index is 0.0124. The molecule has 160 valence electrons. The van der Waals surface area contributed by atoms with E-state index in [9.17, 15) is 26.8 Å². The van der Waals surface area contributed by atoms with Crippen molar-refractivity contribution in [2.45, 2.75) is 13.1 Å². The van der Waals surface area contributed by atoms with E-state index in [-0.39, 0.29) is 42.7 Å². The molecule has 0 spiro atoms. The molecule has 0 radical (unpaired) electrons. The first-order valence-corrected chi connectivity index (χ1v) is 9.44. The average Bonchev–Trinajstić information content (AvgIpc) is 3.11. The zero-order chi connectivity index (χ0) is 21.5. The number of hydroxylamine groups is 1. The third-order valence-corrected chi connectivity index (χ3v) is 4.33. The maximum absolute atomic E-state index is 12.6. The third kappa shape index (κ3) is 6.67. The second-order valence-electron chi connectivity index (χ2n) is 5.28. The number of halogens is 3. The van der Waals surface area contributed by atoms with Crippen LogP contribution in [0.25, 0.3) is 0 Å². The van der Waals surface area contributed by atoms with Crippen molar-refractivity contribution in [3.8, 4) is 0 Å². The van der Waals surface area contributed by atoms with Crippen molar-refractivity contribution in [3.63, 3.8) is 0 Å². The Morgan fingerprint density at radius 3 is 2.55 bits per heavy atom. The SMILES string of the molecule is CCNS(=O)(=O)OCCNc1nonc1C(=Nc1ccc(C(F)(F)F)cc1)NO.